The second-order valence-corrected chi connectivity index (χ2v) is 6.92. The molecule has 4 rings (SSSR count). The molecule has 0 unspecified atom stereocenters. The van der Waals surface area contributed by atoms with E-state index in [0.717, 1.165) is 16.6 Å². The van der Waals surface area contributed by atoms with E-state index in [0.29, 0.717) is 22.9 Å². The maximum Gasteiger partial charge on any atom is 0.337 e. The fraction of sp³-hybridized carbons (Fsp3) is 0.111. The highest BCUT2D eigenvalue weighted by atomic mass is 35.5. The molecule has 0 bridgehead atoms. The number of hydrogen-bond donors (Lipinski definition) is 3. The van der Waals surface area contributed by atoms with Crippen LogP contribution in [0.1, 0.15) is 5.69 Å². The monoisotopic (exact) mass is 431 g/mol. The van der Waals surface area contributed by atoms with E-state index in [-0.39, 0.29) is 10.3 Å². The molecule has 0 atom stereocenters. The minimum atomic E-state index is -0.536. The summed E-state index contributed by atoms with van der Waals surface area (Å²) in [6.07, 6.45) is 1.59. The van der Waals surface area contributed by atoms with Gasteiger partial charge in [-0.05, 0) is 37.3 Å². The molecule has 0 aromatic carbocycles. The van der Waals surface area contributed by atoms with Gasteiger partial charge in [-0.25, -0.2) is 14.8 Å². The van der Waals surface area contributed by atoms with Crippen molar-refractivity contribution in [1.29, 1.82) is 0 Å². The van der Waals surface area contributed by atoms with Gasteiger partial charge in [0.05, 0.1) is 17.3 Å². The zero-order valence-electron chi connectivity index (χ0n) is 15.3. The second-order valence-electron chi connectivity index (χ2n) is 6.15. The number of anilines is 2. The molecule has 0 spiro atoms. The molecule has 3 N–H and O–H groups in total. The molecule has 2 amide bonds. The third-order valence-electron chi connectivity index (χ3n) is 4.08. The number of furan rings is 1. The number of nitrogens with one attached hydrogen (secondary N) is 3. The fourth-order valence-electron chi connectivity index (χ4n) is 2.96. The minimum Gasteiger partial charge on any atom is -0.464 e. The van der Waals surface area contributed by atoms with Crippen molar-refractivity contribution < 1.29 is 9.21 Å². The van der Waals surface area contributed by atoms with Crippen LogP contribution in [0.4, 0.5) is 16.3 Å². The number of aromatic nitrogens is 4. The van der Waals surface area contributed by atoms with Gasteiger partial charge in [0.15, 0.2) is 5.65 Å². The molecule has 0 aliphatic carbocycles. The first-order chi connectivity index (χ1) is 13.9. The molecule has 9 nitrogen and oxygen atoms in total. The van der Waals surface area contributed by atoms with Gasteiger partial charge in [0.25, 0.3) is 0 Å². The second kappa shape index (κ2) is 7.61. The first-order valence-corrected chi connectivity index (χ1v) is 9.20. The lowest BCUT2D eigenvalue weighted by atomic mass is 10.1. The van der Waals surface area contributed by atoms with Crippen molar-refractivity contribution in [1.82, 2.24) is 25.2 Å². The van der Waals surface area contributed by atoms with Gasteiger partial charge in [0.1, 0.15) is 21.9 Å². The van der Waals surface area contributed by atoms with Crippen molar-refractivity contribution >= 4 is 51.8 Å². The number of hydrazine groups is 1. The lowest BCUT2D eigenvalue weighted by molar-refractivity contribution is 0.254. The first-order valence-electron chi connectivity index (χ1n) is 8.45. The Kier molecular flexibility index (Phi) is 4.99. The molecule has 11 heteroatoms. The molecule has 4 aromatic rings. The maximum absolute atomic E-state index is 12.2. The van der Waals surface area contributed by atoms with Crippen molar-refractivity contribution in [3.63, 3.8) is 0 Å². The summed E-state index contributed by atoms with van der Waals surface area (Å²) in [7, 11) is 1.80. The number of pyridine rings is 2. The van der Waals surface area contributed by atoms with Crippen LogP contribution in [0.25, 0.3) is 22.4 Å². The highest BCUT2D eigenvalue weighted by molar-refractivity contribution is 6.33. The number of fused-ring (bicyclic) bond motifs is 1. The zero-order valence-corrected chi connectivity index (χ0v) is 16.8. The maximum atomic E-state index is 12.2. The van der Waals surface area contributed by atoms with E-state index < -0.39 is 6.03 Å². The number of amides is 2. The summed E-state index contributed by atoms with van der Waals surface area (Å²) in [4.78, 5) is 20.6. The Morgan fingerprint density at radius 1 is 1.17 bits per heavy atom. The van der Waals surface area contributed by atoms with Crippen LogP contribution in [0.15, 0.2) is 41.0 Å². The molecule has 0 aliphatic heterocycles. The van der Waals surface area contributed by atoms with E-state index in [1.54, 1.807) is 30.1 Å². The number of carbonyl (C=O) groups is 1. The molecular formula is C18H15Cl2N7O2. The van der Waals surface area contributed by atoms with Crippen LogP contribution in [0.3, 0.4) is 0 Å². The van der Waals surface area contributed by atoms with Gasteiger partial charge >= 0.3 is 6.03 Å². The van der Waals surface area contributed by atoms with Gasteiger partial charge in [0, 0.05) is 18.3 Å². The third kappa shape index (κ3) is 3.96. The van der Waals surface area contributed by atoms with Crippen molar-refractivity contribution in [2.45, 2.75) is 6.92 Å². The number of hydrogen-bond acceptors (Lipinski definition) is 6. The molecule has 0 radical (unpaired) electrons. The number of carbonyl (C=O) groups excluding carboxylic acids is 1. The summed E-state index contributed by atoms with van der Waals surface area (Å²) in [5.41, 5.74) is 7.99. The van der Waals surface area contributed by atoms with Crippen molar-refractivity contribution in [3.05, 3.63) is 52.6 Å². The SMILES string of the molecule is Cc1nn(C)c2nc(NNC(=O)Nc3cc(Cl)nc(Cl)c3)cc(-c3ccco3)c12. The third-order valence-corrected chi connectivity index (χ3v) is 4.47. The summed E-state index contributed by atoms with van der Waals surface area (Å²) in [5, 5.41) is 8.24. The number of urea groups is 1. The average Bonchev–Trinajstić information content (AvgIpc) is 3.28. The van der Waals surface area contributed by atoms with Crippen molar-refractivity contribution in [3.8, 4) is 11.3 Å². The Labute approximate surface area is 175 Å². The molecule has 4 aromatic heterocycles. The summed E-state index contributed by atoms with van der Waals surface area (Å²) in [6, 6.07) is 7.84. The molecule has 0 saturated heterocycles. The van der Waals surface area contributed by atoms with Crippen LogP contribution in [-0.4, -0.2) is 25.8 Å². The van der Waals surface area contributed by atoms with Gasteiger partial charge < -0.3 is 9.73 Å². The normalized spacial score (nSPS) is 10.9. The van der Waals surface area contributed by atoms with Crippen LogP contribution < -0.4 is 16.2 Å². The Hall–Kier alpha value is -3.30. The Balaban J connectivity index is 1.58. The van der Waals surface area contributed by atoms with Gasteiger partial charge in [0.2, 0.25) is 0 Å². The Bertz CT molecular complexity index is 1180. The molecule has 148 valence electrons. The van der Waals surface area contributed by atoms with Crippen molar-refractivity contribution in [2.75, 3.05) is 10.7 Å². The first kappa shape index (κ1) is 19.0. The molecule has 0 fully saturated rings. The van der Waals surface area contributed by atoms with E-state index in [2.05, 4.69) is 31.2 Å². The molecular weight excluding hydrogens is 417 g/mol. The van der Waals surface area contributed by atoms with Gasteiger partial charge in [-0.2, -0.15) is 5.10 Å². The van der Waals surface area contributed by atoms with Gasteiger partial charge in [-0.15, -0.1) is 0 Å². The smallest absolute Gasteiger partial charge is 0.337 e. The summed E-state index contributed by atoms with van der Waals surface area (Å²) >= 11 is 11.7. The Morgan fingerprint density at radius 2 is 1.93 bits per heavy atom. The summed E-state index contributed by atoms with van der Waals surface area (Å²) in [6.45, 7) is 1.90. The average molecular weight is 432 g/mol. The quantitative estimate of drug-likeness (QED) is 0.326. The van der Waals surface area contributed by atoms with Gasteiger partial charge in [-0.3, -0.25) is 15.5 Å². The molecule has 0 aliphatic rings. The van der Waals surface area contributed by atoms with Gasteiger partial charge in [-0.1, -0.05) is 23.2 Å². The molecule has 0 saturated carbocycles. The van der Waals surface area contributed by atoms with E-state index in [4.69, 9.17) is 27.6 Å². The van der Waals surface area contributed by atoms with Crippen LogP contribution in [0, 0.1) is 6.92 Å². The van der Waals surface area contributed by atoms with E-state index in [1.807, 2.05) is 13.0 Å². The zero-order chi connectivity index (χ0) is 20.5. The van der Waals surface area contributed by atoms with Crippen LogP contribution in [0.5, 0.6) is 0 Å². The van der Waals surface area contributed by atoms with Crippen LogP contribution in [0.2, 0.25) is 10.3 Å². The number of halogens is 2. The lowest BCUT2D eigenvalue weighted by Crippen LogP contribution is -2.34. The number of rotatable bonds is 4. The molecule has 4 heterocycles. The fourth-order valence-corrected chi connectivity index (χ4v) is 3.42. The highest BCUT2D eigenvalue weighted by Gasteiger charge is 2.16. The van der Waals surface area contributed by atoms with Crippen LogP contribution >= 0.6 is 23.2 Å². The number of nitrogens with zero attached hydrogens (tertiary/aromatic N) is 4. The molecule has 29 heavy (non-hydrogen) atoms. The Morgan fingerprint density at radius 3 is 2.62 bits per heavy atom. The van der Waals surface area contributed by atoms with Crippen LogP contribution in [-0.2, 0) is 7.05 Å². The minimum absolute atomic E-state index is 0.169. The van der Waals surface area contributed by atoms with E-state index in [9.17, 15) is 4.79 Å². The largest absolute Gasteiger partial charge is 0.464 e. The standard InChI is InChI=1S/C18H15Cl2N7O2/c1-9-16-11(12-4-3-5-29-12)8-15(23-17(16)27(2)26-9)24-25-18(28)21-10-6-13(19)22-14(20)7-10/h3-8H,1-2H3,(H,23,24)(H2,21,22,25,28). The number of aryl methyl sites for hydroxylation is 2. The van der Waals surface area contributed by atoms with E-state index in [1.165, 1.54) is 12.1 Å². The van der Waals surface area contributed by atoms with E-state index >= 15 is 0 Å². The predicted octanol–water partition coefficient (Wildman–Crippen LogP) is 4.39. The van der Waals surface area contributed by atoms with Crippen molar-refractivity contribution in [2.24, 2.45) is 7.05 Å². The lowest BCUT2D eigenvalue weighted by Gasteiger charge is -2.11. The summed E-state index contributed by atoms with van der Waals surface area (Å²) < 4.78 is 7.22. The highest BCUT2D eigenvalue weighted by Crippen LogP contribution is 2.32. The summed E-state index contributed by atoms with van der Waals surface area (Å²) in [5.74, 6) is 1.08. The topological polar surface area (TPSA) is 110 Å². The predicted molar refractivity (Wildman–Crippen MR) is 111 cm³/mol.